The summed E-state index contributed by atoms with van der Waals surface area (Å²) >= 11 is 1.40. The minimum absolute atomic E-state index is 0.0359. The van der Waals surface area contributed by atoms with Gasteiger partial charge in [-0.25, -0.2) is 4.98 Å². The highest BCUT2D eigenvalue weighted by atomic mass is 32.1. The summed E-state index contributed by atoms with van der Waals surface area (Å²) in [5.41, 5.74) is 1.19. The summed E-state index contributed by atoms with van der Waals surface area (Å²) in [7, 11) is 0. The number of aromatic nitrogens is 3. The fourth-order valence-corrected chi connectivity index (χ4v) is 4.81. The molecule has 2 aromatic heterocycles. The minimum Gasteiger partial charge on any atom is -0.486 e. The summed E-state index contributed by atoms with van der Waals surface area (Å²) in [6.45, 7) is 4.27. The number of carbonyl (C=O) groups excluding carboxylic acids is 1. The second-order valence-electron chi connectivity index (χ2n) is 7.30. The van der Waals surface area contributed by atoms with Crippen molar-refractivity contribution >= 4 is 27.2 Å². The van der Waals surface area contributed by atoms with E-state index in [1.54, 1.807) is 13.0 Å². The molecule has 0 aliphatic carbocycles. The Morgan fingerprint density at radius 3 is 2.69 bits per heavy atom. The predicted octanol–water partition coefficient (Wildman–Crippen LogP) is 2.33. The van der Waals surface area contributed by atoms with Gasteiger partial charge in [-0.2, -0.15) is 4.52 Å². The molecule has 2 aliphatic rings. The smallest absolute Gasteiger partial charge is 0.275 e. The standard InChI is InChI=1S/C20H20N4O4S/c1-12-10-17(25)24-19(21-12)29-20(22-24)23-6-4-13(5-7-23)18(26)14-2-3-15-16(11-14)28-9-8-27-15/h2-3,10-11,13H,4-9H2,1H3. The number of anilines is 1. The molecule has 0 amide bonds. The van der Waals surface area contributed by atoms with Gasteiger partial charge in [-0.05, 0) is 38.0 Å². The van der Waals surface area contributed by atoms with Gasteiger partial charge in [0.25, 0.3) is 5.56 Å². The molecule has 150 valence electrons. The molecular formula is C20H20N4O4S. The fourth-order valence-electron chi connectivity index (χ4n) is 3.80. The lowest BCUT2D eigenvalue weighted by Crippen LogP contribution is -2.36. The fraction of sp³-hybridized carbons (Fsp3) is 0.400. The molecule has 4 heterocycles. The third-order valence-electron chi connectivity index (χ3n) is 5.33. The lowest BCUT2D eigenvalue weighted by Gasteiger charge is -2.30. The highest BCUT2D eigenvalue weighted by molar-refractivity contribution is 7.20. The number of Topliss-reactive ketones (excluding diaryl/α,β-unsaturated/α-hetero) is 1. The maximum absolute atomic E-state index is 13.0. The van der Waals surface area contributed by atoms with Crippen molar-refractivity contribution in [2.75, 3.05) is 31.2 Å². The molecule has 8 nitrogen and oxygen atoms in total. The van der Waals surface area contributed by atoms with Crippen LogP contribution in [0.2, 0.25) is 0 Å². The van der Waals surface area contributed by atoms with Gasteiger partial charge in [0.2, 0.25) is 10.1 Å². The van der Waals surface area contributed by atoms with Crippen LogP contribution in [0.5, 0.6) is 11.5 Å². The van der Waals surface area contributed by atoms with Crippen molar-refractivity contribution in [3.8, 4) is 11.5 Å². The Labute approximate surface area is 170 Å². The van der Waals surface area contributed by atoms with Crippen LogP contribution in [0.4, 0.5) is 5.13 Å². The molecule has 2 aliphatic heterocycles. The van der Waals surface area contributed by atoms with E-state index < -0.39 is 0 Å². The highest BCUT2D eigenvalue weighted by Gasteiger charge is 2.28. The van der Waals surface area contributed by atoms with Crippen LogP contribution in [0.15, 0.2) is 29.1 Å². The molecule has 0 radical (unpaired) electrons. The average molecular weight is 412 g/mol. The Kier molecular flexibility index (Phi) is 4.46. The molecule has 0 spiro atoms. The second kappa shape index (κ2) is 7.14. The lowest BCUT2D eigenvalue weighted by atomic mass is 9.89. The van der Waals surface area contributed by atoms with E-state index in [4.69, 9.17) is 9.47 Å². The number of aryl methyl sites for hydroxylation is 1. The van der Waals surface area contributed by atoms with Gasteiger partial charge in [-0.15, -0.1) is 5.10 Å². The summed E-state index contributed by atoms with van der Waals surface area (Å²) in [4.78, 5) is 32.2. The largest absolute Gasteiger partial charge is 0.486 e. The van der Waals surface area contributed by atoms with Crippen molar-refractivity contribution in [3.05, 3.63) is 45.9 Å². The molecule has 0 saturated carbocycles. The molecule has 1 aromatic carbocycles. The first kappa shape index (κ1) is 18.1. The van der Waals surface area contributed by atoms with Gasteiger partial charge in [-0.3, -0.25) is 9.59 Å². The van der Waals surface area contributed by atoms with Crippen molar-refractivity contribution in [3.63, 3.8) is 0 Å². The zero-order chi connectivity index (χ0) is 20.0. The number of rotatable bonds is 3. The van der Waals surface area contributed by atoms with Gasteiger partial charge in [0.05, 0.1) is 0 Å². The van der Waals surface area contributed by atoms with Gasteiger partial charge < -0.3 is 14.4 Å². The van der Waals surface area contributed by atoms with Gasteiger partial charge in [0.15, 0.2) is 17.3 Å². The van der Waals surface area contributed by atoms with E-state index >= 15 is 0 Å². The van der Waals surface area contributed by atoms with Crippen LogP contribution in [-0.4, -0.2) is 46.7 Å². The monoisotopic (exact) mass is 412 g/mol. The molecule has 29 heavy (non-hydrogen) atoms. The number of fused-ring (bicyclic) bond motifs is 2. The van der Waals surface area contributed by atoms with E-state index in [1.807, 2.05) is 12.1 Å². The molecule has 5 rings (SSSR count). The first-order chi connectivity index (χ1) is 14.1. The van der Waals surface area contributed by atoms with Crippen molar-refractivity contribution in [2.45, 2.75) is 19.8 Å². The average Bonchev–Trinajstić information content (AvgIpc) is 3.17. The second-order valence-corrected chi connectivity index (χ2v) is 8.23. The van der Waals surface area contributed by atoms with Crippen molar-refractivity contribution < 1.29 is 14.3 Å². The van der Waals surface area contributed by atoms with Gasteiger partial charge in [0, 0.05) is 36.3 Å². The van der Waals surface area contributed by atoms with Crippen LogP contribution < -0.4 is 19.9 Å². The Bertz CT molecular complexity index is 1150. The molecule has 9 heteroatoms. The Hall–Kier alpha value is -2.94. The number of benzene rings is 1. The third kappa shape index (κ3) is 3.35. The van der Waals surface area contributed by atoms with Gasteiger partial charge >= 0.3 is 0 Å². The summed E-state index contributed by atoms with van der Waals surface area (Å²) < 4.78 is 12.5. The van der Waals surface area contributed by atoms with Crippen molar-refractivity contribution in [1.29, 1.82) is 0 Å². The van der Waals surface area contributed by atoms with Crippen LogP contribution in [0.25, 0.3) is 4.96 Å². The molecular weight excluding hydrogens is 392 g/mol. The Morgan fingerprint density at radius 2 is 1.90 bits per heavy atom. The van der Waals surface area contributed by atoms with E-state index in [0.29, 0.717) is 54.0 Å². The molecule has 1 saturated heterocycles. The normalized spacial score (nSPS) is 16.9. The first-order valence-corrected chi connectivity index (χ1v) is 10.5. The number of ketones is 1. The topological polar surface area (TPSA) is 86.0 Å². The number of carbonyl (C=O) groups is 1. The number of ether oxygens (including phenoxy) is 2. The van der Waals surface area contributed by atoms with Crippen LogP contribution in [0.3, 0.4) is 0 Å². The van der Waals surface area contributed by atoms with E-state index in [9.17, 15) is 9.59 Å². The summed E-state index contributed by atoms with van der Waals surface area (Å²) in [6.07, 6.45) is 1.48. The number of hydrogen-bond acceptors (Lipinski definition) is 8. The SMILES string of the molecule is Cc1cc(=O)n2nc(N3CCC(C(=O)c4ccc5c(c4)OCCO5)CC3)sc2n1. The Morgan fingerprint density at radius 1 is 1.14 bits per heavy atom. The maximum Gasteiger partial charge on any atom is 0.275 e. The molecule has 0 bridgehead atoms. The summed E-state index contributed by atoms with van der Waals surface area (Å²) in [5, 5.41) is 5.19. The zero-order valence-electron chi connectivity index (χ0n) is 16.0. The lowest BCUT2D eigenvalue weighted by molar-refractivity contribution is 0.0899. The highest BCUT2D eigenvalue weighted by Crippen LogP contribution is 2.33. The first-order valence-electron chi connectivity index (χ1n) is 9.65. The third-order valence-corrected chi connectivity index (χ3v) is 6.29. The molecule has 0 N–H and O–H groups in total. The van der Waals surface area contributed by atoms with Crippen LogP contribution in [0.1, 0.15) is 28.9 Å². The summed E-state index contributed by atoms with van der Waals surface area (Å²) in [6, 6.07) is 6.90. The van der Waals surface area contributed by atoms with Gasteiger partial charge in [0.1, 0.15) is 13.2 Å². The van der Waals surface area contributed by atoms with Crippen molar-refractivity contribution in [2.24, 2.45) is 5.92 Å². The number of piperidine rings is 1. The quantitative estimate of drug-likeness (QED) is 0.610. The van der Waals surface area contributed by atoms with Gasteiger partial charge in [-0.1, -0.05) is 11.3 Å². The van der Waals surface area contributed by atoms with E-state index in [2.05, 4.69) is 15.0 Å². The van der Waals surface area contributed by atoms with Crippen molar-refractivity contribution in [1.82, 2.24) is 14.6 Å². The molecule has 0 atom stereocenters. The van der Waals surface area contributed by atoms with Crippen LogP contribution in [-0.2, 0) is 0 Å². The Balaban J connectivity index is 1.29. The predicted molar refractivity (Wildman–Crippen MR) is 109 cm³/mol. The molecule has 0 unspecified atom stereocenters. The zero-order valence-corrected chi connectivity index (χ0v) is 16.8. The maximum atomic E-state index is 13.0. The molecule has 3 aromatic rings. The number of hydrogen-bond donors (Lipinski definition) is 0. The van der Waals surface area contributed by atoms with Crippen LogP contribution in [0, 0.1) is 12.8 Å². The summed E-state index contributed by atoms with van der Waals surface area (Å²) in [5.74, 6) is 1.44. The number of nitrogens with zero attached hydrogens (tertiary/aromatic N) is 4. The van der Waals surface area contributed by atoms with E-state index in [-0.39, 0.29) is 17.3 Å². The van der Waals surface area contributed by atoms with Crippen LogP contribution >= 0.6 is 11.3 Å². The molecule has 1 fully saturated rings. The van der Waals surface area contributed by atoms with E-state index in [1.165, 1.54) is 21.9 Å². The van der Waals surface area contributed by atoms with E-state index in [0.717, 1.165) is 18.0 Å². The minimum atomic E-state index is -0.168.